The number of amides is 1. The number of amidine groups is 1. The third kappa shape index (κ3) is 4.48. The Morgan fingerprint density at radius 2 is 1.96 bits per heavy atom. The molecule has 8 heteroatoms. The molecule has 0 radical (unpaired) electrons. The van der Waals surface area contributed by atoms with E-state index < -0.39 is 5.97 Å². The predicted octanol–water partition coefficient (Wildman–Crippen LogP) is 2.47. The van der Waals surface area contributed by atoms with Crippen molar-refractivity contribution in [2.24, 2.45) is 10.2 Å². The van der Waals surface area contributed by atoms with Crippen molar-refractivity contribution in [1.82, 2.24) is 5.32 Å². The molecule has 1 N–H and O–H groups in total. The molecule has 3 rings (SSSR count). The smallest absolute Gasteiger partial charge is 0.343 e. The van der Waals surface area contributed by atoms with Crippen LogP contribution in [0.25, 0.3) is 0 Å². The van der Waals surface area contributed by atoms with Crippen molar-refractivity contribution in [3.8, 4) is 11.5 Å². The fraction of sp³-hybridized carbons (Fsp3) is 0.111. The Bertz CT molecular complexity index is 878. The lowest BCUT2D eigenvalue weighted by Gasteiger charge is -2.07. The lowest BCUT2D eigenvalue weighted by atomic mass is 10.2. The van der Waals surface area contributed by atoms with Crippen LogP contribution in [0.5, 0.6) is 11.5 Å². The number of para-hydroxylation sites is 1. The van der Waals surface area contributed by atoms with Gasteiger partial charge in [-0.05, 0) is 36.4 Å². The van der Waals surface area contributed by atoms with E-state index in [9.17, 15) is 9.59 Å². The number of methoxy groups -OCH3 is 1. The van der Waals surface area contributed by atoms with Gasteiger partial charge in [-0.1, -0.05) is 23.9 Å². The highest BCUT2D eigenvalue weighted by Crippen LogP contribution is 2.19. The Hall–Kier alpha value is -3.13. The van der Waals surface area contributed by atoms with Gasteiger partial charge < -0.3 is 14.8 Å². The molecule has 132 valence electrons. The minimum absolute atomic E-state index is 0.0993. The first-order valence-electron chi connectivity index (χ1n) is 7.64. The fourth-order valence-corrected chi connectivity index (χ4v) is 2.72. The number of rotatable bonds is 5. The van der Waals surface area contributed by atoms with E-state index >= 15 is 0 Å². The molecular weight excluding hydrogens is 354 g/mol. The third-order valence-corrected chi connectivity index (χ3v) is 4.24. The number of hydrogen-bond acceptors (Lipinski definition) is 7. The monoisotopic (exact) mass is 369 g/mol. The van der Waals surface area contributed by atoms with Crippen molar-refractivity contribution in [1.29, 1.82) is 0 Å². The molecule has 7 nitrogen and oxygen atoms in total. The van der Waals surface area contributed by atoms with Crippen molar-refractivity contribution >= 4 is 35.0 Å². The maximum atomic E-state index is 12.3. The molecule has 0 atom stereocenters. The minimum Gasteiger partial charge on any atom is -0.497 e. The summed E-state index contributed by atoms with van der Waals surface area (Å²) in [4.78, 5) is 23.4. The lowest BCUT2D eigenvalue weighted by Crippen LogP contribution is -2.19. The average Bonchev–Trinajstić information content (AvgIpc) is 3.08. The first-order chi connectivity index (χ1) is 12.7. The molecule has 1 heterocycles. The number of esters is 1. The highest BCUT2D eigenvalue weighted by atomic mass is 32.2. The van der Waals surface area contributed by atoms with E-state index in [-0.39, 0.29) is 5.91 Å². The first-order valence-corrected chi connectivity index (χ1v) is 8.63. The molecule has 0 aliphatic carbocycles. The molecule has 1 aliphatic rings. The van der Waals surface area contributed by atoms with Gasteiger partial charge in [0.15, 0.2) is 5.17 Å². The van der Waals surface area contributed by atoms with Gasteiger partial charge in [-0.15, -0.1) is 5.10 Å². The summed E-state index contributed by atoms with van der Waals surface area (Å²) in [5.41, 5.74) is 0.996. The number of thioether (sulfide) groups is 1. The Kier molecular flexibility index (Phi) is 5.65. The van der Waals surface area contributed by atoms with Crippen LogP contribution in [-0.2, 0) is 4.79 Å². The Labute approximate surface area is 154 Å². The second kappa shape index (κ2) is 8.30. The number of carbonyl (C=O) groups is 2. The maximum Gasteiger partial charge on any atom is 0.343 e. The third-order valence-electron chi connectivity index (χ3n) is 3.38. The largest absolute Gasteiger partial charge is 0.497 e. The van der Waals surface area contributed by atoms with Crippen LogP contribution in [0.3, 0.4) is 0 Å². The zero-order valence-corrected chi connectivity index (χ0v) is 14.7. The molecule has 0 spiro atoms. The molecule has 0 bridgehead atoms. The topological polar surface area (TPSA) is 89.3 Å². The van der Waals surface area contributed by atoms with Gasteiger partial charge in [-0.2, -0.15) is 5.10 Å². The summed E-state index contributed by atoms with van der Waals surface area (Å²) < 4.78 is 10.5. The van der Waals surface area contributed by atoms with Gasteiger partial charge in [0.2, 0.25) is 5.91 Å². The highest BCUT2D eigenvalue weighted by molar-refractivity contribution is 8.15. The zero-order valence-electron chi connectivity index (χ0n) is 13.8. The molecule has 2 aromatic carbocycles. The molecule has 26 heavy (non-hydrogen) atoms. The molecule has 0 unspecified atom stereocenters. The Morgan fingerprint density at radius 1 is 1.19 bits per heavy atom. The number of nitrogens with one attached hydrogen (secondary N) is 1. The highest BCUT2D eigenvalue weighted by Gasteiger charge is 2.16. The van der Waals surface area contributed by atoms with E-state index in [4.69, 9.17) is 9.47 Å². The second-order valence-electron chi connectivity index (χ2n) is 5.14. The van der Waals surface area contributed by atoms with Crippen molar-refractivity contribution < 1.29 is 19.1 Å². The van der Waals surface area contributed by atoms with E-state index in [1.54, 1.807) is 55.6 Å². The molecule has 0 saturated carbocycles. The van der Waals surface area contributed by atoms with E-state index in [0.717, 1.165) is 0 Å². The van der Waals surface area contributed by atoms with E-state index in [0.29, 0.717) is 33.5 Å². The quantitative estimate of drug-likeness (QED) is 0.378. The van der Waals surface area contributed by atoms with Crippen LogP contribution < -0.4 is 14.8 Å². The SMILES string of the molecule is COc1ccc(C(=O)Oc2ccccc2/C=N\N=C2/NC(=O)CS2)cc1. The number of carbonyl (C=O) groups excluding carboxylic acids is 2. The summed E-state index contributed by atoms with van der Waals surface area (Å²) in [6, 6.07) is 13.6. The van der Waals surface area contributed by atoms with Gasteiger partial charge in [-0.25, -0.2) is 4.79 Å². The lowest BCUT2D eigenvalue weighted by molar-refractivity contribution is -0.116. The van der Waals surface area contributed by atoms with Gasteiger partial charge in [0.1, 0.15) is 11.5 Å². The van der Waals surface area contributed by atoms with Gasteiger partial charge in [0.05, 0.1) is 24.6 Å². The van der Waals surface area contributed by atoms with E-state index in [1.165, 1.54) is 18.0 Å². The summed E-state index contributed by atoms with van der Waals surface area (Å²) in [7, 11) is 1.56. The molecule has 1 aliphatic heterocycles. The summed E-state index contributed by atoms with van der Waals surface area (Å²) in [6.45, 7) is 0. The van der Waals surface area contributed by atoms with Gasteiger partial charge in [0.25, 0.3) is 0 Å². The van der Waals surface area contributed by atoms with Crippen LogP contribution in [0.1, 0.15) is 15.9 Å². The van der Waals surface area contributed by atoms with Crippen LogP contribution in [0.2, 0.25) is 0 Å². The average molecular weight is 369 g/mol. The van der Waals surface area contributed by atoms with Gasteiger partial charge in [-0.3, -0.25) is 4.79 Å². The van der Waals surface area contributed by atoms with Crippen molar-refractivity contribution in [2.75, 3.05) is 12.9 Å². The van der Waals surface area contributed by atoms with Crippen LogP contribution >= 0.6 is 11.8 Å². The summed E-state index contributed by atoms with van der Waals surface area (Å²) in [5.74, 6) is 0.770. The van der Waals surface area contributed by atoms with Crippen LogP contribution in [-0.4, -0.2) is 36.1 Å². The molecule has 0 aromatic heterocycles. The van der Waals surface area contributed by atoms with Gasteiger partial charge in [0, 0.05) is 5.56 Å². The van der Waals surface area contributed by atoms with Crippen molar-refractivity contribution in [3.05, 3.63) is 59.7 Å². The van der Waals surface area contributed by atoms with Gasteiger partial charge >= 0.3 is 5.97 Å². The molecule has 1 amide bonds. The van der Waals surface area contributed by atoms with Crippen LogP contribution in [0.4, 0.5) is 0 Å². The fourth-order valence-electron chi connectivity index (χ4n) is 2.09. The molecule has 2 aromatic rings. The minimum atomic E-state index is -0.488. The molecule has 1 fully saturated rings. The Balaban J connectivity index is 1.72. The molecule has 1 saturated heterocycles. The number of nitrogens with zero attached hydrogens (tertiary/aromatic N) is 2. The van der Waals surface area contributed by atoms with Crippen LogP contribution in [0.15, 0.2) is 58.7 Å². The number of ether oxygens (including phenoxy) is 2. The van der Waals surface area contributed by atoms with E-state index in [2.05, 4.69) is 15.5 Å². The van der Waals surface area contributed by atoms with Crippen molar-refractivity contribution in [2.45, 2.75) is 0 Å². The first kappa shape index (κ1) is 17.7. The predicted molar refractivity (Wildman–Crippen MR) is 100 cm³/mol. The second-order valence-corrected chi connectivity index (χ2v) is 6.11. The summed E-state index contributed by atoms with van der Waals surface area (Å²) in [6.07, 6.45) is 1.47. The normalized spacial score (nSPS) is 15.3. The molecular formula is C18H15N3O4S. The van der Waals surface area contributed by atoms with Crippen molar-refractivity contribution in [3.63, 3.8) is 0 Å². The summed E-state index contributed by atoms with van der Waals surface area (Å²) in [5, 5.41) is 10.9. The Morgan fingerprint density at radius 3 is 2.65 bits per heavy atom. The van der Waals surface area contributed by atoms with Crippen LogP contribution in [0, 0.1) is 0 Å². The van der Waals surface area contributed by atoms with E-state index in [1.807, 2.05) is 0 Å². The standard InChI is InChI=1S/C18H15N3O4S/c1-24-14-8-6-12(7-9-14)17(23)25-15-5-3-2-4-13(15)10-19-21-18-20-16(22)11-26-18/h2-10H,11H2,1H3,(H,20,21,22)/b19-10-. The zero-order chi connectivity index (χ0) is 18.4. The summed E-state index contributed by atoms with van der Waals surface area (Å²) >= 11 is 1.28. The number of hydrogen-bond donors (Lipinski definition) is 1. The number of benzene rings is 2. The maximum absolute atomic E-state index is 12.3.